The van der Waals surface area contributed by atoms with E-state index in [-0.39, 0.29) is 12.0 Å². The number of nitrogens with one attached hydrogen (secondary N) is 1. The quantitative estimate of drug-likeness (QED) is 0.810. The number of ether oxygens (including phenoxy) is 1. The number of esters is 1. The molecule has 1 saturated carbocycles. The number of hydrogen-bond acceptors (Lipinski definition) is 4. The van der Waals surface area contributed by atoms with Gasteiger partial charge in [-0.2, -0.15) is 0 Å². The Balaban J connectivity index is 2.14. The first-order valence-corrected chi connectivity index (χ1v) is 8.50. The summed E-state index contributed by atoms with van der Waals surface area (Å²) in [4.78, 5) is 15.1. The average molecular weight is 296 g/mol. The highest BCUT2D eigenvalue weighted by Gasteiger charge is 2.46. The number of carbonyl (C=O) groups excluding carboxylic acids is 1. The van der Waals surface area contributed by atoms with E-state index in [1.165, 1.54) is 26.5 Å². The van der Waals surface area contributed by atoms with Crippen LogP contribution in [0.2, 0.25) is 0 Å². The third-order valence-electron chi connectivity index (χ3n) is 5.17. The summed E-state index contributed by atoms with van der Waals surface area (Å²) in [5.74, 6) is 0.688. The number of likely N-dealkylation sites (tertiary alicyclic amines) is 1. The van der Waals surface area contributed by atoms with E-state index < -0.39 is 5.54 Å². The smallest absolute Gasteiger partial charge is 0.326 e. The molecule has 2 fully saturated rings. The fourth-order valence-corrected chi connectivity index (χ4v) is 4.49. The lowest BCUT2D eigenvalue weighted by atomic mass is 9.77. The Morgan fingerprint density at radius 2 is 2.10 bits per heavy atom. The highest BCUT2D eigenvalue weighted by molar-refractivity contribution is 5.81. The summed E-state index contributed by atoms with van der Waals surface area (Å²) in [6, 6.07) is 1.43. The molecule has 0 aromatic carbocycles. The number of nitrogens with zero attached hydrogens (tertiary/aromatic N) is 1. The van der Waals surface area contributed by atoms with Gasteiger partial charge in [0.15, 0.2) is 0 Å². The predicted molar refractivity (Wildman–Crippen MR) is 85.2 cm³/mol. The van der Waals surface area contributed by atoms with E-state index in [2.05, 4.69) is 37.9 Å². The topological polar surface area (TPSA) is 41.6 Å². The van der Waals surface area contributed by atoms with Crippen LogP contribution in [0.25, 0.3) is 0 Å². The second-order valence-electron chi connectivity index (χ2n) is 7.51. The number of methoxy groups -OCH3 is 1. The van der Waals surface area contributed by atoms with E-state index in [0.717, 1.165) is 25.2 Å². The average Bonchev–Trinajstić information content (AvgIpc) is 2.76. The first-order valence-electron chi connectivity index (χ1n) is 8.50. The summed E-state index contributed by atoms with van der Waals surface area (Å²) >= 11 is 0. The molecule has 1 saturated heterocycles. The molecular weight excluding hydrogens is 264 g/mol. The molecule has 2 rings (SSSR count). The predicted octanol–water partition coefficient (Wildman–Crippen LogP) is 2.57. The standard InChI is InChI=1S/C17H32N2O2/c1-12(2)18-17(16(20)21-5)8-6-7-15(10-17)19-11-13(3)9-14(19)4/h12-15,18H,6-11H2,1-5H3. The molecule has 122 valence electrons. The summed E-state index contributed by atoms with van der Waals surface area (Å²) in [7, 11) is 1.51. The van der Waals surface area contributed by atoms with E-state index in [1.807, 2.05) is 0 Å². The van der Waals surface area contributed by atoms with Gasteiger partial charge in [-0.3, -0.25) is 15.0 Å². The number of rotatable bonds is 4. The first kappa shape index (κ1) is 16.8. The highest BCUT2D eigenvalue weighted by Crippen LogP contribution is 2.36. The van der Waals surface area contributed by atoms with Crippen LogP contribution in [-0.4, -0.2) is 48.2 Å². The third-order valence-corrected chi connectivity index (χ3v) is 5.17. The summed E-state index contributed by atoms with van der Waals surface area (Å²) < 4.78 is 5.13. The fourth-order valence-electron chi connectivity index (χ4n) is 4.49. The van der Waals surface area contributed by atoms with Gasteiger partial charge < -0.3 is 4.74 Å². The van der Waals surface area contributed by atoms with Crippen molar-refractivity contribution in [1.82, 2.24) is 10.2 Å². The van der Waals surface area contributed by atoms with Gasteiger partial charge in [-0.15, -0.1) is 0 Å². The molecule has 0 aromatic heterocycles. The Bertz CT molecular complexity index is 372. The van der Waals surface area contributed by atoms with Crippen molar-refractivity contribution in [2.24, 2.45) is 5.92 Å². The molecule has 0 aromatic rings. The molecule has 0 radical (unpaired) electrons. The summed E-state index contributed by atoms with van der Waals surface area (Å²) in [6.07, 6.45) is 5.35. The minimum absolute atomic E-state index is 0.0826. The van der Waals surface area contributed by atoms with Crippen LogP contribution in [0.1, 0.15) is 59.8 Å². The molecule has 2 aliphatic rings. The zero-order valence-corrected chi connectivity index (χ0v) is 14.3. The summed E-state index contributed by atoms with van der Waals surface area (Å²) in [6.45, 7) is 10.0. The van der Waals surface area contributed by atoms with Gasteiger partial charge in [0.1, 0.15) is 5.54 Å². The maximum absolute atomic E-state index is 12.4. The van der Waals surface area contributed by atoms with Crippen molar-refractivity contribution >= 4 is 5.97 Å². The third kappa shape index (κ3) is 3.59. The minimum atomic E-state index is -0.489. The van der Waals surface area contributed by atoms with E-state index in [1.54, 1.807) is 0 Å². The molecular formula is C17H32N2O2. The van der Waals surface area contributed by atoms with Crippen molar-refractivity contribution in [3.63, 3.8) is 0 Å². The maximum Gasteiger partial charge on any atom is 0.326 e. The van der Waals surface area contributed by atoms with Crippen LogP contribution in [0.3, 0.4) is 0 Å². The van der Waals surface area contributed by atoms with E-state index in [9.17, 15) is 4.79 Å². The van der Waals surface area contributed by atoms with E-state index >= 15 is 0 Å². The lowest BCUT2D eigenvalue weighted by molar-refractivity contribution is -0.151. The van der Waals surface area contributed by atoms with Gasteiger partial charge in [0.2, 0.25) is 0 Å². The van der Waals surface area contributed by atoms with Crippen molar-refractivity contribution in [1.29, 1.82) is 0 Å². The Labute approximate surface area is 129 Å². The Hall–Kier alpha value is -0.610. The molecule has 1 heterocycles. The van der Waals surface area contributed by atoms with Crippen LogP contribution < -0.4 is 5.32 Å². The van der Waals surface area contributed by atoms with E-state index in [0.29, 0.717) is 12.1 Å². The SMILES string of the molecule is COC(=O)C1(NC(C)C)CCCC(N2CC(C)CC2C)C1. The number of hydrogen-bond donors (Lipinski definition) is 1. The van der Waals surface area contributed by atoms with Crippen LogP contribution in [0.15, 0.2) is 0 Å². The summed E-state index contributed by atoms with van der Waals surface area (Å²) in [5.41, 5.74) is -0.489. The largest absolute Gasteiger partial charge is 0.468 e. The molecule has 4 nitrogen and oxygen atoms in total. The molecule has 1 aliphatic carbocycles. The zero-order chi connectivity index (χ0) is 15.6. The van der Waals surface area contributed by atoms with Gasteiger partial charge in [-0.05, 0) is 58.8 Å². The highest BCUT2D eigenvalue weighted by atomic mass is 16.5. The molecule has 4 heteroatoms. The zero-order valence-electron chi connectivity index (χ0n) is 14.3. The van der Waals surface area contributed by atoms with Crippen LogP contribution >= 0.6 is 0 Å². The van der Waals surface area contributed by atoms with E-state index in [4.69, 9.17) is 4.74 Å². The van der Waals surface area contributed by atoms with Crippen molar-refractivity contribution in [3.05, 3.63) is 0 Å². The minimum Gasteiger partial charge on any atom is -0.468 e. The Kier molecular flexibility index (Phi) is 5.31. The van der Waals surface area contributed by atoms with Crippen LogP contribution in [0, 0.1) is 5.92 Å². The first-order chi connectivity index (χ1) is 9.88. The maximum atomic E-state index is 12.4. The second-order valence-corrected chi connectivity index (χ2v) is 7.51. The molecule has 1 aliphatic heterocycles. The Morgan fingerprint density at radius 3 is 2.62 bits per heavy atom. The molecule has 21 heavy (non-hydrogen) atoms. The number of carbonyl (C=O) groups is 1. The van der Waals surface area contributed by atoms with Gasteiger partial charge in [0, 0.05) is 24.7 Å². The van der Waals surface area contributed by atoms with Crippen molar-refractivity contribution in [2.75, 3.05) is 13.7 Å². The molecule has 0 amide bonds. The van der Waals surface area contributed by atoms with Gasteiger partial charge >= 0.3 is 5.97 Å². The second kappa shape index (κ2) is 6.66. The summed E-state index contributed by atoms with van der Waals surface area (Å²) in [5, 5.41) is 3.52. The lowest BCUT2D eigenvalue weighted by Gasteiger charge is -2.44. The molecule has 4 atom stereocenters. The van der Waals surface area contributed by atoms with Crippen molar-refractivity contribution < 1.29 is 9.53 Å². The van der Waals surface area contributed by atoms with Crippen molar-refractivity contribution in [2.45, 2.75) is 83.5 Å². The molecule has 0 bridgehead atoms. The lowest BCUT2D eigenvalue weighted by Crippen LogP contribution is -2.60. The fraction of sp³-hybridized carbons (Fsp3) is 0.941. The van der Waals surface area contributed by atoms with Gasteiger partial charge in [0.25, 0.3) is 0 Å². The van der Waals surface area contributed by atoms with Crippen LogP contribution in [0.4, 0.5) is 0 Å². The Morgan fingerprint density at radius 1 is 1.38 bits per heavy atom. The van der Waals surface area contributed by atoms with Gasteiger partial charge in [-0.1, -0.05) is 6.92 Å². The monoisotopic (exact) mass is 296 g/mol. The molecule has 1 N–H and O–H groups in total. The van der Waals surface area contributed by atoms with Gasteiger partial charge in [-0.25, -0.2) is 0 Å². The normalized spacial score (nSPS) is 37.9. The molecule has 0 spiro atoms. The van der Waals surface area contributed by atoms with Crippen LogP contribution in [0.5, 0.6) is 0 Å². The van der Waals surface area contributed by atoms with Crippen LogP contribution in [-0.2, 0) is 9.53 Å². The molecule has 4 unspecified atom stereocenters. The van der Waals surface area contributed by atoms with Crippen molar-refractivity contribution in [3.8, 4) is 0 Å². The van der Waals surface area contributed by atoms with Gasteiger partial charge in [0.05, 0.1) is 7.11 Å².